The zero-order chi connectivity index (χ0) is 30.0. The first-order valence-electron chi connectivity index (χ1n) is 15.7. The summed E-state index contributed by atoms with van der Waals surface area (Å²) in [5.74, 6) is 1.49. The van der Waals surface area contributed by atoms with Gasteiger partial charge in [0.15, 0.2) is 13.1 Å². The summed E-state index contributed by atoms with van der Waals surface area (Å²) in [6.45, 7) is 5.88. The molecular weight excluding hydrogens is 520 g/mol. The molecule has 4 aliphatic carbocycles. The Kier molecular flexibility index (Phi) is 7.93. The molecule has 1 radical (unpaired) electrons. The Bertz CT molecular complexity index is 1090. The standard InChI is InChI=1S/C33H53N2O6/c1-32-13-11-23(40-29(37)18-34(3,4)5)16-22(32)9-10-24-25(32)12-14-33(2)26(24)17-27(41-30(38)19-35(6,7)8)31(33)21-15-28(36)39-20-21/h15-16,22-27,31H,9-14,17-20H2,1-8H3/q+2/t22?,23?,24?,25-,26?,27?,31?,32?,33?/m0/s1. The van der Waals surface area contributed by atoms with Crippen molar-refractivity contribution in [1.29, 1.82) is 0 Å². The summed E-state index contributed by atoms with van der Waals surface area (Å²) in [6.07, 6.45) is 11.0. The van der Waals surface area contributed by atoms with Crippen molar-refractivity contribution in [3.05, 3.63) is 18.1 Å². The Labute approximate surface area is 246 Å². The minimum absolute atomic E-state index is 0.0183. The van der Waals surface area contributed by atoms with E-state index in [0.29, 0.717) is 52.3 Å². The van der Waals surface area contributed by atoms with E-state index in [4.69, 9.17) is 14.2 Å². The van der Waals surface area contributed by atoms with Crippen LogP contribution in [0.5, 0.6) is 0 Å². The lowest BCUT2D eigenvalue weighted by molar-refractivity contribution is -0.862. The first-order valence-corrected chi connectivity index (χ1v) is 15.7. The largest absolute Gasteiger partial charge is 0.458 e. The second kappa shape index (κ2) is 10.7. The quantitative estimate of drug-likeness (QED) is 0.262. The summed E-state index contributed by atoms with van der Waals surface area (Å²) >= 11 is 0. The number of rotatable bonds is 7. The molecule has 1 aliphatic heterocycles. The number of nitrogens with zero attached hydrogens (tertiary/aromatic N) is 2. The molecule has 1 heterocycles. The van der Waals surface area contributed by atoms with Crippen LogP contribution in [0, 0.1) is 46.8 Å². The third-order valence-corrected chi connectivity index (χ3v) is 11.2. The number of quaternary nitrogens is 2. The van der Waals surface area contributed by atoms with Gasteiger partial charge in [-0.25, -0.2) is 14.4 Å². The first kappa shape index (κ1) is 30.5. The fraction of sp³-hybridized carbons (Fsp3) is 0.818. The van der Waals surface area contributed by atoms with E-state index in [9.17, 15) is 14.4 Å². The van der Waals surface area contributed by atoms with Crippen molar-refractivity contribution in [2.75, 3.05) is 62.0 Å². The molecule has 8 nitrogen and oxygen atoms in total. The van der Waals surface area contributed by atoms with E-state index in [1.165, 1.54) is 0 Å². The van der Waals surface area contributed by atoms with Crippen molar-refractivity contribution in [2.45, 2.75) is 71.0 Å². The summed E-state index contributed by atoms with van der Waals surface area (Å²) in [5, 5.41) is 0. The molecule has 5 rings (SSSR count). The van der Waals surface area contributed by atoms with Crippen LogP contribution in [0.25, 0.3) is 0 Å². The number of likely N-dealkylation sites (N-methyl/N-ethyl adjacent to an activating group) is 2. The molecule has 0 spiro atoms. The third-order valence-electron chi connectivity index (χ3n) is 11.2. The number of fused-ring (bicyclic) bond motifs is 5. The van der Waals surface area contributed by atoms with Crippen LogP contribution >= 0.6 is 0 Å². The van der Waals surface area contributed by atoms with Crippen LogP contribution in [0.1, 0.15) is 58.8 Å². The fourth-order valence-corrected chi connectivity index (χ4v) is 9.60. The number of esters is 3. The lowest BCUT2D eigenvalue weighted by Gasteiger charge is -2.60. The lowest BCUT2D eigenvalue weighted by Crippen LogP contribution is -2.54. The molecule has 0 bridgehead atoms. The highest BCUT2D eigenvalue weighted by atomic mass is 16.6. The first-order chi connectivity index (χ1) is 19.0. The van der Waals surface area contributed by atoms with Crippen LogP contribution in [0.4, 0.5) is 0 Å². The van der Waals surface area contributed by atoms with Gasteiger partial charge >= 0.3 is 17.9 Å². The summed E-state index contributed by atoms with van der Waals surface area (Å²) in [6, 6.07) is 0. The maximum atomic E-state index is 13.1. The summed E-state index contributed by atoms with van der Waals surface area (Å²) < 4.78 is 18.7. The molecule has 0 aromatic heterocycles. The van der Waals surface area contributed by atoms with Gasteiger partial charge in [0.1, 0.15) is 18.8 Å². The van der Waals surface area contributed by atoms with E-state index in [-0.39, 0.29) is 46.9 Å². The van der Waals surface area contributed by atoms with E-state index in [1.54, 1.807) is 6.08 Å². The van der Waals surface area contributed by atoms with Gasteiger partial charge in [0.2, 0.25) is 0 Å². The highest BCUT2D eigenvalue weighted by Crippen LogP contribution is 2.68. The van der Waals surface area contributed by atoms with Crippen molar-refractivity contribution in [1.82, 2.24) is 0 Å². The molecule has 0 amide bonds. The van der Waals surface area contributed by atoms with Crippen LogP contribution < -0.4 is 0 Å². The third kappa shape index (κ3) is 6.11. The molecule has 229 valence electrons. The van der Waals surface area contributed by atoms with E-state index in [2.05, 4.69) is 20.3 Å². The van der Waals surface area contributed by atoms with Gasteiger partial charge in [0, 0.05) is 18.4 Å². The van der Waals surface area contributed by atoms with Crippen LogP contribution in [0.3, 0.4) is 0 Å². The van der Waals surface area contributed by atoms with E-state index in [1.807, 2.05) is 42.3 Å². The van der Waals surface area contributed by atoms with Gasteiger partial charge in [-0.2, -0.15) is 0 Å². The SMILES string of the molecule is CC12CC[C@H]3C(CCC4[CH]C(OC(=O)C[N+](C)(C)C)CCC43C)C1CC(OC(=O)C[N+](C)(C)C)C2C1=CC(=O)OC1. The normalized spacial score (nSPS) is 40.5. The van der Waals surface area contributed by atoms with Gasteiger partial charge in [0.05, 0.1) is 42.3 Å². The Morgan fingerprint density at radius 1 is 0.878 bits per heavy atom. The van der Waals surface area contributed by atoms with Crippen molar-refractivity contribution < 1.29 is 37.6 Å². The zero-order valence-electron chi connectivity index (χ0n) is 26.6. The van der Waals surface area contributed by atoms with E-state index in [0.717, 1.165) is 50.5 Å². The lowest BCUT2D eigenvalue weighted by atomic mass is 9.44. The number of hydrogen-bond donors (Lipinski definition) is 0. The monoisotopic (exact) mass is 573 g/mol. The second-order valence-corrected chi connectivity index (χ2v) is 16.3. The van der Waals surface area contributed by atoms with Crippen LogP contribution in [0.15, 0.2) is 11.6 Å². The zero-order valence-corrected chi connectivity index (χ0v) is 26.6. The number of ether oxygens (including phenoxy) is 3. The topological polar surface area (TPSA) is 78.9 Å². The van der Waals surface area contributed by atoms with Crippen molar-refractivity contribution in [3.8, 4) is 0 Å². The molecule has 0 saturated heterocycles. The van der Waals surface area contributed by atoms with E-state index >= 15 is 0 Å². The Morgan fingerprint density at radius 3 is 2.12 bits per heavy atom. The molecule has 8 heteroatoms. The molecular formula is C33H53N2O6+2. The van der Waals surface area contributed by atoms with Crippen molar-refractivity contribution in [3.63, 3.8) is 0 Å². The highest BCUT2D eigenvalue weighted by Gasteiger charge is 2.64. The minimum atomic E-state index is -0.278. The van der Waals surface area contributed by atoms with Gasteiger partial charge in [-0.15, -0.1) is 0 Å². The van der Waals surface area contributed by atoms with Crippen LogP contribution in [-0.4, -0.2) is 101 Å². The average Bonchev–Trinajstić information content (AvgIpc) is 3.36. The highest BCUT2D eigenvalue weighted by molar-refractivity contribution is 5.85. The van der Waals surface area contributed by atoms with Crippen molar-refractivity contribution in [2.24, 2.45) is 40.4 Å². The van der Waals surface area contributed by atoms with Crippen molar-refractivity contribution >= 4 is 17.9 Å². The predicted molar refractivity (Wildman–Crippen MR) is 155 cm³/mol. The summed E-state index contributed by atoms with van der Waals surface area (Å²) in [7, 11) is 12.0. The number of carbonyl (C=O) groups excluding carboxylic acids is 3. The second-order valence-electron chi connectivity index (χ2n) is 16.3. The maximum Gasteiger partial charge on any atom is 0.362 e. The maximum absolute atomic E-state index is 13.1. The predicted octanol–water partition coefficient (Wildman–Crippen LogP) is 3.79. The number of carbonyl (C=O) groups is 3. The smallest absolute Gasteiger partial charge is 0.362 e. The van der Waals surface area contributed by atoms with Gasteiger partial charge in [-0.3, -0.25) is 0 Å². The molecule has 0 N–H and O–H groups in total. The molecule has 0 aromatic carbocycles. The Balaban J connectivity index is 1.33. The number of hydrogen-bond acceptors (Lipinski definition) is 6. The molecule has 9 atom stereocenters. The summed E-state index contributed by atoms with van der Waals surface area (Å²) in [5.41, 5.74) is 1.16. The Morgan fingerprint density at radius 2 is 1.51 bits per heavy atom. The molecule has 4 saturated carbocycles. The van der Waals surface area contributed by atoms with Crippen LogP contribution in [0.2, 0.25) is 0 Å². The number of cyclic esters (lactones) is 1. The average molecular weight is 574 g/mol. The molecule has 41 heavy (non-hydrogen) atoms. The van der Waals surface area contributed by atoms with Crippen LogP contribution in [-0.2, 0) is 28.6 Å². The molecule has 8 unspecified atom stereocenters. The van der Waals surface area contributed by atoms with Gasteiger partial charge < -0.3 is 23.2 Å². The van der Waals surface area contributed by atoms with Gasteiger partial charge in [-0.05, 0) is 85.0 Å². The van der Waals surface area contributed by atoms with Gasteiger partial charge in [-0.1, -0.05) is 13.8 Å². The van der Waals surface area contributed by atoms with E-state index < -0.39 is 0 Å². The summed E-state index contributed by atoms with van der Waals surface area (Å²) in [4.78, 5) is 37.8. The fourth-order valence-electron chi connectivity index (χ4n) is 9.60. The van der Waals surface area contributed by atoms with Gasteiger partial charge in [0.25, 0.3) is 0 Å². The molecule has 0 aromatic rings. The Hall–Kier alpha value is -1.93. The molecule has 5 aliphatic rings. The minimum Gasteiger partial charge on any atom is -0.458 e. The molecule has 4 fully saturated rings.